The van der Waals surface area contributed by atoms with Crippen LogP contribution in [-0.4, -0.2) is 30.1 Å². The minimum atomic E-state index is 0.110. The van der Waals surface area contributed by atoms with Crippen molar-refractivity contribution in [1.82, 2.24) is 10.2 Å². The number of carbonyl (C=O) groups excluding carboxylic acids is 1. The predicted molar refractivity (Wildman–Crippen MR) is 67.3 cm³/mol. The SMILES string of the molecule is CCCC1NCN(CC2CC3CCC2C3)C1=O. The third kappa shape index (κ3) is 2.10. The van der Waals surface area contributed by atoms with Crippen LogP contribution in [0.1, 0.15) is 45.4 Å². The fourth-order valence-corrected chi connectivity index (χ4v) is 4.16. The molecular formula is C14H24N2O. The summed E-state index contributed by atoms with van der Waals surface area (Å²) >= 11 is 0. The molecule has 1 saturated heterocycles. The van der Waals surface area contributed by atoms with Crippen molar-refractivity contribution in [3.63, 3.8) is 0 Å². The fraction of sp³-hybridized carbons (Fsp3) is 0.929. The average Bonchev–Trinajstić information content (AvgIpc) is 3.00. The van der Waals surface area contributed by atoms with E-state index in [4.69, 9.17) is 0 Å². The molecule has 4 unspecified atom stereocenters. The van der Waals surface area contributed by atoms with Crippen LogP contribution in [0, 0.1) is 17.8 Å². The first-order valence-electron chi connectivity index (χ1n) is 7.30. The molecule has 1 heterocycles. The van der Waals surface area contributed by atoms with E-state index in [1.54, 1.807) is 0 Å². The summed E-state index contributed by atoms with van der Waals surface area (Å²) in [5.74, 6) is 3.08. The van der Waals surface area contributed by atoms with Crippen molar-refractivity contribution in [3.8, 4) is 0 Å². The lowest BCUT2D eigenvalue weighted by atomic mass is 9.88. The average molecular weight is 236 g/mol. The molecule has 0 spiro atoms. The van der Waals surface area contributed by atoms with Crippen LogP contribution in [0.15, 0.2) is 0 Å². The van der Waals surface area contributed by atoms with Gasteiger partial charge in [0.15, 0.2) is 0 Å². The van der Waals surface area contributed by atoms with Gasteiger partial charge in [-0.05, 0) is 43.4 Å². The molecule has 0 radical (unpaired) electrons. The first-order valence-corrected chi connectivity index (χ1v) is 7.30. The number of nitrogens with zero attached hydrogens (tertiary/aromatic N) is 1. The zero-order chi connectivity index (χ0) is 11.8. The number of rotatable bonds is 4. The Kier molecular flexibility index (Phi) is 3.12. The van der Waals surface area contributed by atoms with Crippen molar-refractivity contribution in [3.05, 3.63) is 0 Å². The van der Waals surface area contributed by atoms with Gasteiger partial charge in [0.25, 0.3) is 0 Å². The summed E-state index contributed by atoms with van der Waals surface area (Å²) in [4.78, 5) is 14.2. The zero-order valence-corrected chi connectivity index (χ0v) is 10.8. The molecule has 0 aromatic heterocycles. The molecule has 3 fully saturated rings. The van der Waals surface area contributed by atoms with Crippen molar-refractivity contribution in [2.24, 2.45) is 17.8 Å². The van der Waals surface area contributed by atoms with Crippen LogP contribution >= 0.6 is 0 Å². The van der Waals surface area contributed by atoms with E-state index in [0.717, 1.165) is 43.8 Å². The zero-order valence-electron chi connectivity index (χ0n) is 10.8. The normalized spacial score (nSPS) is 40.5. The number of hydrogen-bond donors (Lipinski definition) is 1. The van der Waals surface area contributed by atoms with Crippen LogP contribution in [-0.2, 0) is 4.79 Å². The maximum absolute atomic E-state index is 12.2. The Morgan fingerprint density at radius 1 is 1.35 bits per heavy atom. The molecule has 3 rings (SSSR count). The van der Waals surface area contributed by atoms with E-state index in [9.17, 15) is 4.79 Å². The second-order valence-electron chi connectivity index (χ2n) is 6.20. The van der Waals surface area contributed by atoms with Crippen molar-refractivity contribution < 1.29 is 4.79 Å². The largest absolute Gasteiger partial charge is 0.328 e. The van der Waals surface area contributed by atoms with E-state index in [1.807, 2.05) is 0 Å². The van der Waals surface area contributed by atoms with Gasteiger partial charge in [0.05, 0.1) is 12.7 Å². The summed E-state index contributed by atoms with van der Waals surface area (Å²) < 4.78 is 0. The highest BCUT2D eigenvalue weighted by atomic mass is 16.2. The van der Waals surface area contributed by atoms with Crippen LogP contribution in [0.25, 0.3) is 0 Å². The summed E-state index contributed by atoms with van der Waals surface area (Å²) in [6.07, 6.45) is 7.78. The molecule has 1 N–H and O–H groups in total. The summed E-state index contributed by atoms with van der Waals surface area (Å²) in [5.41, 5.74) is 0. The van der Waals surface area contributed by atoms with E-state index < -0.39 is 0 Å². The van der Waals surface area contributed by atoms with Gasteiger partial charge >= 0.3 is 0 Å². The van der Waals surface area contributed by atoms with E-state index in [0.29, 0.717) is 5.91 Å². The minimum Gasteiger partial charge on any atom is -0.328 e. The second-order valence-corrected chi connectivity index (χ2v) is 6.20. The summed E-state index contributed by atoms with van der Waals surface area (Å²) in [6, 6.07) is 0.110. The predicted octanol–water partition coefficient (Wildman–Crippen LogP) is 1.98. The number of nitrogens with one attached hydrogen (secondary N) is 1. The minimum absolute atomic E-state index is 0.110. The van der Waals surface area contributed by atoms with Gasteiger partial charge in [-0.1, -0.05) is 19.8 Å². The lowest BCUT2D eigenvalue weighted by molar-refractivity contribution is -0.129. The molecule has 0 aromatic rings. The summed E-state index contributed by atoms with van der Waals surface area (Å²) in [5, 5.41) is 3.35. The monoisotopic (exact) mass is 236 g/mol. The summed E-state index contributed by atoms with van der Waals surface area (Å²) in [6.45, 7) is 3.96. The van der Waals surface area contributed by atoms with E-state index >= 15 is 0 Å². The Morgan fingerprint density at radius 2 is 2.24 bits per heavy atom. The molecule has 3 aliphatic rings. The lowest BCUT2D eigenvalue weighted by Gasteiger charge is -2.26. The standard InChI is InChI=1S/C14H24N2O/c1-2-3-13-14(17)16(9-15-13)8-12-7-10-4-5-11(12)6-10/h10-13,15H,2-9H2,1H3. The lowest BCUT2D eigenvalue weighted by Crippen LogP contribution is -2.35. The smallest absolute Gasteiger partial charge is 0.240 e. The van der Waals surface area contributed by atoms with Crippen LogP contribution in [0.4, 0.5) is 0 Å². The molecule has 2 bridgehead atoms. The summed E-state index contributed by atoms with van der Waals surface area (Å²) in [7, 11) is 0. The highest BCUT2D eigenvalue weighted by Crippen LogP contribution is 2.48. The fourth-order valence-electron chi connectivity index (χ4n) is 4.16. The van der Waals surface area contributed by atoms with Crippen LogP contribution < -0.4 is 5.32 Å². The number of hydrogen-bond acceptors (Lipinski definition) is 2. The Balaban J connectivity index is 1.54. The van der Waals surface area contributed by atoms with Gasteiger partial charge in [-0.15, -0.1) is 0 Å². The molecule has 3 heteroatoms. The van der Waals surface area contributed by atoms with Crippen molar-refractivity contribution in [2.45, 2.75) is 51.5 Å². The third-order valence-corrected chi connectivity index (χ3v) is 5.06. The van der Waals surface area contributed by atoms with Gasteiger partial charge in [-0.25, -0.2) is 0 Å². The molecule has 2 saturated carbocycles. The maximum atomic E-state index is 12.2. The third-order valence-electron chi connectivity index (χ3n) is 5.06. The van der Waals surface area contributed by atoms with Gasteiger partial charge in [0.1, 0.15) is 0 Å². The van der Waals surface area contributed by atoms with E-state index in [-0.39, 0.29) is 6.04 Å². The number of amides is 1. The van der Waals surface area contributed by atoms with Crippen LogP contribution in [0.2, 0.25) is 0 Å². The molecule has 2 aliphatic carbocycles. The molecule has 96 valence electrons. The van der Waals surface area contributed by atoms with Crippen LogP contribution in [0.5, 0.6) is 0 Å². The molecule has 1 amide bonds. The highest BCUT2D eigenvalue weighted by Gasteiger charge is 2.41. The maximum Gasteiger partial charge on any atom is 0.240 e. The second kappa shape index (κ2) is 4.60. The van der Waals surface area contributed by atoms with Crippen molar-refractivity contribution in [1.29, 1.82) is 0 Å². The number of fused-ring (bicyclic) bond motifs is 2. The quantitative estimate of drug-likeness (QED) is 0.809. The van der Waals surface area contributed by atoms with Gasteiger partial charge in [0.2, 0.25) is 5.91 Å². The Bertz CT molecular complexity index is 305. The Labute approximate surface area is 104 Å². The van der Waals surface area contributed by atoms with Gasteiger partial charge in [-0.2, -0.15) is 0 Å². The highest BCUT2D eigenvalue weighted by molar-refractivity contribution is 5.83. The van der Waals surface area contributed by atoms with E-state index in [2.05, 4.69) is 17.1 Å². The molecule has 17 heavy (non-hydrogen) atoms. The van der Waals surface area contributed by atoms with Gasteiger partial charge in [0, 0.05) is 6.54 Å². The molecule has 1 aliphatic heterocycles. The van der Waals surface area contributed by atoms with Crippen molar-refractivity contribution >= 4 is 5.91 Å². The first-order chi connectivity index (χ1) is 8.28. The van der Waals surface area contributed by atoms with Gasteiger partial charge in [-0.3, -0.25) is 10.1 Å². The topological polar surface area (TPSA) is 32.3 Å². The van der Waals surface area contributed by atoms with Gasteiger partial charge < -0.3 is 4.90 Å². The van der Waals surface area contributed by atoms with Crippen LogP contribution in [0.3, 0.4) is 0 Å². The molecule has 0 aromatic carbocycles. The van der Waals surface area contributed by atoms with E-state index in [1.165, 1.54) is 25.7 Å². The Morgan fingerprint density at radius 3 is 2.88 bits per heavy atom. The van der Waals surface area contributed by atoms with Crippen molar-refractivity contribution in [2.75, 3.05) is 13.2 Å². The molecule has 3 nitrogen and oxygen atoms in total. The first kappa shape index (κ1) is 11.5. The molecular weight excluding hydrogens is 212 g/mol. The Hall–Kier alpha value is -0.570. The molecule has 4 atom stereocenters. The number of carbonyl (C=O) groups is 1.